The molecular formula is C13H19NO4. The Morgan fingerprint density at radius 3 is 2.44 bits per heavy atom. The van der Waals surface area contributed by atoms with Gasteiger partial charge in [-0.1, -0.05) is 12.8 Å². The Labute approximate surface area is 106 Å². The number of rotatable bonds is 2. The molecule has 0 aromatic rings. The summed E-state index contributed by atoms with van der Waals surface area (Å²) in [5.41, 5.74) is 0. The van der Waals surface area contributed by atoms with E-state index in [1.807, 2.05) is 0 Å². The molecule has 1 heterocycles. The van der Waals surface area contributed by atoms with Gasteiger partial charge < -0.3 is 10.0 Å². The van der Waals surface area contributed by atoms with Gasteiger partial charge in [0.15, 0.2) is 0 Å². The molecule has 18 heavy (non-hydrogen) atoms. The third-order valence-electron chi connectivity index (χ3n) is 4.14. The third kappa shape index (κ3) is 2.40. The molecule has 0 bridgehead atoms. The number of Topliss-reactive ketones (excluding diaryl/α,β-unsaturated/α-hetero) is 2. The standard InChI is InChI=1S/C13H19NO4/c1-8-6-11(15)10(7-14(8)13(17)18)12(16)9-4-2-3-5-9/h8-10H,2-7H2,1H3,(H,17,18)/t8-,10?/m1/s1. The van der Waals surface area contributed by atoms with Crippen LogP contribution in [0.3, 0.4) is 0 Å². The maximum absolute atomic E-state index is 12.2. The maximum atomic E-state index is 12.2. The monoisotopic (exact) mass is 253 g/mol. The number of carbonyl (C=O) groups excluding carboxylic acids is 2. The number of carbonyl (C=O) groups is 3. The molecule has 1 aliphatic heterocycles. The van der Waals surface area contributed by atoms with Gasteiger partial charge in [-0.2, -0.15) is 0 Å². The predicted molar refractivity (Wildman–Crippen MR) is 64.3 cm³/mol. The second kappa shape index (κ2) is 5.08. The van der Waals surface area contributed by atoms with Crippen LogP contribution in [0.5, 0.6) is 0 Å². The average Bonchev–Trinajstić information content (AvgIpc) is 2.81. The van der Waals surface area contributed by atoms with Gasteiger partial charge in [0.25, 0.3) is 0 Å². The Morgan fingerprint density at radius 2 is 1.89 bits per heavy atom. The second-order valence-electron chi connectivity index (χ2n) is 5.39. The van der Waals surface area contributed by atoms with Crippen LogP contribution in [-0.4, -0.2) is 40.3 Å². The summed E-state index contributed by atoms with van der Waals surface area (Å²) in [5.74, 6) is -0.865. The Bertz CT molecular complexity index is 373. The van der Waals surface area contributed by atoms with Crippen molar-refractivity contribution in [2.45, 2.75) is 45.1 Å². The molecule has 1 saturated heterocycles. The fourth-order valence-corrected chi connectivity index (χ4v) is 3.03. The summed E-state index contributed by atoms with van der Waals surface area (Å²) >= 11 is 0. The number of carboxylic acid groups (broad SMARTS) is 1. The van der Waals surface area contributed by atoms with Crippen molar-refractivity contribution in [3.63, 3.8) is 0 Å². The van der Waals surface area contributed by atoms with E-state index in [2.05, 4.69) is 0 Å². The van der Waals surface area contributed by atoms with Crippen LogP contribution >= 0.6 is 0 Å². The van der Waals surface area contributed by atoms with Crippen molar-refractivity contribution >= 4 is 17.7 Å². The molecule has 1 amide bonds. The lowest BCUT2D eigenvalue weighted by Gasteiger charge is -2.35. The highest BCUT2D eigenvalue weighted by atomic mass is 16.4. The minimum atomic E-state index is -1.04. The molecule has 1 aliphatic carbocycles. The summed E-state index contributed by atoms with van der Waals surface area (Å²) in [4.78, 5) is 36.5. The zero-order valence-electron chi connectivity index (χ0n) is 10.6. The van der Waals surface area contributed by atoms with Crippen LogP contribution in [-0.2, 0) is 9.59 Å². The van der Waals surface area contributed by atoms with E-state index in [-0.39, 0.29) is 36.5 Å². The highest BCUT2D eigenvalue weighted by molar-refractivity contribution is 6.04. The lowest BCUT2D eigenvalue weighted by atomic mass is 9.83. The molecule has 0 aromatic heterocycles. The average molecular weight is 253 g/mol. The summed E-state index contributed by atoms with van der Waals surface area (Å²) in [6.45, 7) is 1.76. The van der Waals surface area contributed by atoms with E-state index in [0.717, 1.165) is 25.7 Å². The molecule has 2 aliphatic rings. The van der Waals surface area contributed by atoms with Crippen LogP contribution in [0.15, 0.2) is 0 Å². The first-order chi connectivity index (χ1) is 8.50. The van der Waals surface area contributed by atoms with E-state index in [1.165, 1.54) is 4.90 Å². The quantitative estimate of drug-likeness (QED) is 0.760. The molecule has 0 spiro atoms. The highest BCUT2D eigenvalue weighted by Gasteiger charge is 2.41. The molecule has 0 radical (unpaired) electrons. The first-order valence-corrected chi connectivity index (χ1v) is 6.56. The minimum Gasteiger partial charge on any atom is -0.465 e. The number of likely N-dealkylation sites (tertiary alicyclic amines) is 1. The summed E-state index contributed by atoms with van der Waals surface area (Å²) < 4.78 is 0. The van der Waals surface area contributed by atoms with Gasteiger partial charge in [-0.15, -0.1) is 0 Å². The first kappa shape index (κ1) is 13.1. The summed E-state index contributed by atoms with van der Waals surface area (Å²) in [6, 6.07) is -0.317. The van der Waals surface area contributed by atoms with Crippen LogP contribution in [0.4, 0.5) is 4.79 Å². The zero-order valence-corrected chi connectivity index (χ0v) is 10.6. The van der Waals surface area contributed by atoms with Crippen molar-refractivity contribution in [1.82, 2.24) is 4.90 Å². The van der Waals surface area contributed by atoms with Gasteiger partial charge in [0.2, 0.25) is 0 Å². The van der Waals surface area contributed by atoms with Gasteiger partial charge in [-0.05, 0) is 19.8 Å². The van der Waals surface area contributed by atoms with Crippen molar-refractivity contribution in [2.24, 2.45) is 11.8 Å². The number of piperidine rings is 1. The van der Waals surface area contributed by atoms with Crippen molar-refractivity contribution in [3.8, 4) is 0 Å². The van der Waals surface area contributed by atoms with Crippen molar-refractivity contribution in [2.75, 3.05) is 6.54 Å². The molecule has 1 unspecified atom stereocenters. The predicted octanol–water partition coefficient (Wildman–Crippen LogP) is 1.70. The SMILES string of the molecule is C[C@@H]1CC(=O)C(C(=O)C2CCCC2)CN1C(=O)O. The first-order valence-electron chi connectivity index (χ1n) is 6.56. The Kier molecular flexibility index (Phi) is 3.68. The van der Waals surface area contributed by atoms with Crippen LogP contribution in [0, 0.1) is 11.8 Å². The number of amides is 1. The largest absolute Gasteiger partial charge is 0.465 e. The molecule has 2 fully saturated rings. The second-order valence-corrected chi connectivity index (χ2v) is 5.39. The number of hydrogen-bond donors (Lipinski definition) is 1. The van der Waals surface area contributed by atoms with Gasteiger partial charge in [-0.25, -0.2) is 4.79 Å². The molecule has 2 atom stereocenters. The fourth-order valence-electron chi connectivity index (χ4n) is 3.03. The van der Waals surface area contributed by atoms with E-state index >= 15 is 0 Å². The molecule has 1 N–H and O–H groups in total. The van der Waals surface area contributed by atoms with E-state index in [4.69, 9.17) is 5.11 Å². The molecule has 2 rings (SSSR count). The Morgan fingerprint density at radius 1 is 1.28 bits per heavy atom. The lowest BCUT2D eigenvalue weighted by Crippen LogP contribution is -2.51. The molecule has 0 aromatic carbocycles. The van der Waals surface area contributed by atoms with E-state index in [9.17, 15) is 14.4 Å². The fraction of sp³-hybridized carbons (Fsp3) is 0.769. The number of ketones is 2. The molecule has 1 saturated carbocycles. The molecule has 5 heteroatoms. The smallest absolute Gasteiger partial charge is 0.407 e. The van der Waals surface area contributed by atoms with Gasteiger partial charge in [0, 0.05) is 24.9 Å². The Balaban J connectivity index is 2.09. The van der Waals surface area contributed by atoms with Crippen molar-refractivity contribution < 1.29 is 19.5 Å². The summed E-state index contributed by atoms with van der Waals surface area (Å²) in [7, 11) is 0. The number of hydrogen-bond acceptors (Lipinski definition) is 3. The van der Waals surface area contributed by atoms with Gasteiger partial charge in [-0.3, -0.25) is 9.59 Å². The van der Waals surface area contributed by atoms with Crippen LogP contribution < -0.4 is 0 Å². The highest BCUT2D eigenvalue weighted by Crippen LogP contribution is 2.30. The van der Waals surface area contributed by atoms with Crippen LogP contribution in [0.2, 0.25) is 0 Å². The van der Waals surface area contributed by atoms with Crippen LogP contribution in [0.25, 0.3) is 0 Å². The molecule has 100 valence electrons. The number of nitrogens with zero attached hydrogens (tertiary/aromatic N) is 1. The topological polar surface area (TPSA) is 74.7 Å². The zero-order chi connectivity index (χ0) is 13.3. The molecular weight excluding hydrogens is 234 g/mol. The van der Waals surface area contributed by atoms with Crippen LogP contribution in [0.1, 0.15) is 39.0 Å². The third-order valence-corrected chi connectivity index (χ3v) is 4.14. The Hall–Kier alpha value is -1.39. The van der Waals surface area contributed by atoms with E-state index in [0.29, 0.717) is 0 Å². The summed E-state index contributed by atoms with van der Waals surface area (Å²) in [5, 5.41) is 9.06. The van der Waals surface area contributed by atoms with Gasteiger partial charge >= 0.3 is 6.09 Å². The van der Waals surface area contributed by atoms with Gasteiger partial charge in [0.1, 0.15) is 11.6 Å². The van der Waals surface area contributed by atoms with E-state index in [1.54, 1.807) is 6.92 Å². The van der Waals surface area contributed by atoms with Crippen molar-refractivity contribution in [3.05, 3.63) is 0 Å². The minimum absolute atomic E-state index is 0.0250. The normalized spacial score (nSPS) is 29.6. The summed E-state index contributed by atoms with van der Waals surface area (Å²) in [6.07, 6.45) is 2.90. The van der Waals surface area contributed by atoms with E-state index < -0.39 is 12.0 Å². The van der Waals surface area contributed by atoms with Crippen molar-refractivity contribution in [1.29, 1.82) is 0 Å². The molecule has 5 nitrogen and oxygen atoms in total. The lowest BCUT2D eigenvalue weighted by molar-refractivity contribution is -0.138. The van der Waals surface area contributed by atoms with Gasteiger partial charge in [0.05, 0.1) is 5.92 Å². The maximum Gasteiger partial charge on any atom is 0.407 e.